The monoisotopic (exact) mass is 591 g/mol. The predicted molar refractivity (Wildman–Crippen MR) is 168 cm³/mol. The van der Waals surface area contributed by atoms with Crippen molar-refractivity contribution in [2.75, 3.05) is 23.0 Å². The van der Waals surface area contributed by atoms with E-state index in [1.807, 2.05) is 104 Å². The summed E-state index contributed by atoms with van der Waals surface area (Å²) in [5.41, 5.74) is 3.07. The Hall–Kier alpha value is -4.60. The molecule has 226 valence electrons. The smallest absolute Gasteiger partial charge is 0.264 e. The minimum atomic E-state index is -1.69. The van der Waals surface area contributed by atoms with E-state index in [1.54, 1.807) is 14.5 Å². The highest BCUT2D eigenvalue weighted by atomic mass is 16.3. The number of aromatic nitrogens is 3. The summed E-state index contributed by atoms with van der Waals surface area (Å²) in [6.45, 7) is 3.41. The first kappa shape index (κ1) is 29.5. The summed E-state index contributed by atoms with van der Waals surface area (Å²) in [5, 5.41) is 30.4. The molecule has 0 aliphatic carbocycles. The number of aliphatic hydroxyl groups is 2. The van der Waals surface area contributed by atoms with E-state index < -0.39 is 11.5 Å². The quantitative estimate of drug-likeness (QED) is 0.248. The highest BCUT2D eigenvalue weighted by Gasteiger charge is 2.52. The maximum atomic E-state index is 13.9. The van der Waals surface area contributed by atoms with E-state index in [0.29, 0.717) is 42.9 Å². The molecule has 3 aromatic carbocycles. The molecule has 2 aliphatic rings. The number of hydrogen-bond donors (Lipinski definition) is 2. The van der Waals surface area contributed by atoms with Crippen LogP contribution in [-0.4, -0.2) is 50.2 Å². The van der Waals surface area contributed by atoms with Crippen molar-refractivity contribution in [1.82, 2.24) is 15.0 Å². The number of carbonyl (C=O) groups is 2. The fourth-order valence-electron chi connectivity index (χ4n) is 6.23. The van der Waals surface area contributed by atoms with Gasteiger partial charge in [-0.1, -0.05) is 85.0 Å². The van der Waals surface area contributed by atoms with Gasteiger partial charge in [0.2, 0.25) is 5.91 Å². The molecule has 9 nitrogen and oxygen atoms in total. The first-order chi connectivity index (χ1) is 21.4. The van der Waals surface area contributed by atoms with Crippen molar-refractivity contribution in [3.8, 4) is 0 Å². The van der Waals surface area contributed by atoms with Crippen LogP contribution in [0.4, 0.5) is 11.4 Å². The minimum absolute atomic E-state index is 0.0594. The molecule has 1 unspecified atom stereocenters. The Bertz CT molecular complexity index is 1650. The van der Waals surface area contributed by atoms with Gasteiger partial charge in [-0.15, -0.1) is 5.10 Å². The summed E-state index contributed by atoms with van der Waals surface area (Å²) >= 11 is 0. The molecule has 0 bridgehead atoms. The van der Waals surface area contributed by atoms with Gasteiger partial charge in [-0.25, -0.2) is 0 Å². The summed E-state index contributed by atoms with van der Waals surface area (Å²) in [5.74, 6) is -0.935. The van der Waals surface area contributed by atoms with E-state index in [4.69, 9.17) is 0 Å². The second-order valence-corrected chi connectivity index (χ2v) is 11.5. The van der Waals surface area contributed by atoms with Crippen molar-refractivity contribution in [3.05, 3.63) is 120 Å². The molecule has 3 atom stereocenters. The average molecular weight is 592 g/mol. The van der Waals surface area contributed by atoms with Crippen LogP contribution < -0.4 is 9.80 Å². The van der Waals surface area contributed by atoms with Crippen LogP contribution in [0.2, 0.25) is 0 Å². The maximum absolute atomic E-state index is 13.9. The van der Waals surface area contributed by atoms with Gasteiger partial charge in [0, 0.05) is 42.9 Å². The number of allylic oxidation sites excluding steroid dienone is 1. The van der Waals surface area contributed by atoms with Gasteiger partial charge in [0.25, 0.3) is 5.91 Å². The van der Waals surface area contributed by atoms with E-state index >= 15 is 0 Å². The summed E-state index contributed by atoms with van der Waals surface area (Å²) < 4.78 is 1.74. The van der Waals surface area contributed by atoms with Crippen molar-refractivity contribution in [1.29, 1.82) is 0 Å². The van der Waals surface area contributed by atoms with Gasteiger partial charge in [0.05, 0.1) is 30.5 Å². The summed E-state index contributed by atoms with van der Waals surface area (Å²) in [6, 6.07) is 24.9. The van der Waals surface area contributed by atoms with Crippen LogP contribution in [0, 0.1) is 5.92 Å². The van der Waals surface area contributed by atoms with E-state index in [9.17, 15) is 19.8 Å². The van der Waals surface area contributed by atoms with Gasteiger partial charge in [-0.3, -0.25) is 14.3 Å². The predicted octanol–water partition coefficient (Wildman–Crippen LogP) is 4.55. The Labute approximate surface area is 257 Å². The Morgan fingerprint density at radius 1 is 1.00 bits per heavy atom. The number of carbonyl (C=O) groups excluding carboxylic acids is 2. The normalized spacial score (nSPS) is 19.6. The van der Waals surface area contributed by atoms with Crippen LogP contribution >= 0.6 is 0 Å². The van der Waals surface area contributed by atoms with Gasteiger partial charge in [-0.2, -0.15) is 0 Å². The standard InChI is InChI=1S/C35H37N5O4/c1-25(10-7-8-20-38-23-31(36-37-38)29(24-41)27-11-3-2-4-12-27)35(44)30-13-5-6-14-32(30)40(34(35)43)22-26-16-18-28(19-17-26)39-21-9-15-33(39)42/h2-7,10-14,16-19,23,25,29,41,44H,8-9,15,20-22,24H2,1H3/b10-7+/t25-,29?,35+/m1/s1. The molecule has 4 aromatic rings. The highest BCUT2D eigenvalue weighted by molar-refractivity contribution is 6.07. The second kappa shape index (κ2) is 12.6. The number of para-hydroxylation sites is 1. The molecular formula is C35H37N5O4. The van der Waals surface area contributed by atoms with Crippen molar-refractivity contribution >= 4 is 23.2 Å². The van der Waals surface area contributed by atoms with Crippen LogP contribution in [0.3, 0.4) is 0 Å². The molecule has 6 rings (SSSR count). The lowest BCUT2D eigenvalue weighted by molar-refractivity contribution is -0.139. The minimum Gasteiger partial charge on any atom is -0.395 e. The van der Waals surface area contributed by atoms with E-state index in [1.165, 1.54) is 0 Å². The van der Waals surface area contributed by atoms with Crippen molar-refractivity contribution in [2.45, 2.75) is 50.8 Å². The molecule has 1 aromatic heterocycles. The fraction of sp³-hybridized carbons (Fsp3) is 0.314. The Morgan fingerprint density at radius 3 is 2.48 bits per heavy atom. The third kappa shape index (κ3) is 5.56. The number of nitrogens with zero attached hydrogens (tertiary/aromatic N) is 5. The third-order valence-electron chi connectivity index (χ3n) is 8.75. The largest absolute Gasteiger partial charge is 0.395 e. The molecule has 0 spiro atoms. The maximum Gasteiger partial charge on any atom is 0.264 e. The lowest BCUT2D eigenvalue weighted by atomic mass is 9.83. The lowest BCUT2D eigenvalue weighted by Gasteiger charge is -2.27. The van der Waals surface area contributed by atoms with Crippen molar-refractivity contribution < 1.29 is 19.8 Å². The molecule has 2 amide bonds. The summed E-state index contributed by atoms with van der Waals surface area (Å²) in [7, 11) is 0. The highest BCUT2D eigenvalue weighted by Crippen LogP contribution is 2.45. The first-order valence-electron chi connectivity index (χ1n) is 15.2. The van der Waals surface area contributed by atoms with Crippen LogP contribution in [-0.2, 0) is 28.3 Å². The first-order valence-corrected chi connectivity index (χ1v) is 15.2. The van der Waals surface area contributed by atoms with Crippen molar-refractivity contribution in [2.24, 2.45) is 5.92 Å². The molecule has 1 fully saturated rings. The molecule has 9 heteroatoms. The van der Waals surface area contributed by atoms with E-state index in [2.05, 4.69) is 10.3 Å². The van der Waals surface area contributed by atoms with Crippen LogP contribution in [0.25, 0.3) is 0 Å². The van der Waals surface area contributed by atoms with E-state index in [-0.39, 0.29) is 24.3 Å². The third-order valence-corrected chi connectivity index (χ3v) is 8.75. The molecule has 0 radical (unpaired) electrons. The van der Waals surface area contributed by atoms with Crippen LogP contribution in [0.5, 0.6) is 0 Å². The Balaban J connectivity index is 1.12. The van der Waals surface area contributed by atoms with Crippen LogP contribution in [0.1, 0.15) is 54.5 Å². The second-order valence-electron chi connectivity index (χ2n) is 11.5. The van der Waals surface area contributed by atoms with Crippen molar-refractivity contribution in [3.63, 3.8) is 0 Å². The van der Waals surface area contributed by atoms with Gasteiger partial charge in [0.1, 0.15) is 0 Å². The Morgan fingerprint density at radius 2 is 1.75 bits per heavy atom. The summed E-state index contributed by atoms with van der Waals surface area (Å²) in [6.07, 6.45) is 7.77. The van der Waals surface area contributed by atoms with Gasteiger partial charge >= 0.3 is 0 Å². The zero-order chi connectivity index (χ0) is 30.7. The number of anilines is 2. The number of aryl methyl sites for hydroxylation is 1. The van der Waals surface area contributed by atoms with Crippen LogP contribution in [0.15, 0.2) is 97.2 Å². The topological polar surface area (TPSA) is 112 Å². The molecular weight excluding hydrogens is 554 g/mol. The molecule has 2 N–H and O–H groups in total. The fourth-order valence-corrected chi connectivity index (χ4v) is 6.23. The zero-order valence-corrected chi connectivity index (χ0v) is 24.8. The van der Waals surface area contributed by atoms with Gasteiger partial charge < -0.3 is 20.0 Å². The molecule has 44 heavy (non-hydrogen) atoms. The molecule has 3 heterocycles. The van der Waals surface area contributed by atoms with E-state index in [0.717, 1.165) is 29.8 Å². The number of benzene rings is 3. The molecule has 1 saturated heterocycles. The SMILES string of the molecule is C[C@H](/C=C/CCn1cc(C(CO)c2ccccc2)nn1)[C@@]1(O)C(=O)N(Cc2ccc(N3CCCC3=O)cc2)c2ccccc21. The number of aliphatic hydroxyl groups excluding tert-OH is 1. The lowest BCUT2D eigenvalue weighted by Crippen LogP contribution is -2.44. The number of hydrogen-bond acceptors (Lipinski definition) is 6. The van der Waals surface area contributed by atoms with Gasteiger partial charge in [0.15, 0.2) is 5.60 Å². The average Bonchev–Trinajstić information content (AvgIpc) is 3.75. The van der Waals surface area contributed by atoms with Gasteiger partial charge in [-0.05, 0) is 42.2 Å². The number of rotatable bonds is 11. The molecule has 0 saturated carbocycles. The number of fused-ring (bicyclic) bond motifs is 1. The molecule has 2 aliphatic heterocycles. The number of amides is 2. The summed E-state index contributed by atoms with van der Waals surface area (Å²) in [4.78, 5) is 29.4. The zero-order valence-electron chi connectivity index (χ0n) is 24.8. The Kier molecular flexibility index (Phi) is 8.41.